The van der Waals surface area contributed by atoms with Crippen LogP contribution in [0.15, 0.2) is 17.2 Å². The van der Waals surface area contributed by atoms with Crippen LogP contribution in [0.3, 0.4) is 0 Å². The Morgan fingerprint density at radius 2 is 1.83 bits per heavy atom. The molecule has 0 aliphatic carbocycles. The van der Waals surface area contributed by atoms with Crippen molar-refractivity contribution >= 4 is 24.4 Å². The van der Waals surface area contributed by atoms with Crippen molar-refractivity contribution in [2.24, 2.45) is 5.11 Å². The topological polar surface area (TPSA) is 81.5 Å². The van der Waals surface area contributed by atoms with E-state index in [2.05, 4.69) is 10.0 Å². The molecular formula is C17H24BF3KN5O2. The predicted octanol–water partition coefficient (Wildman–Crippen LogP) is 1.93. The maximum atomic E-state index is 13.0. The number of nitrogens with zero attached hydrogens (tertiary/aromatic N) is 5. The molecule has 0 spiro atoms. The maximum Gasteiger partial charge on any atom is 1.00 e. The van der Waals surface area contributed by atoms with Crippen LogP contribution >= 0.6 is 0 Å². The van der Waals surface area contributed by atoms with Crippen molar-refractivity contribution in [2.45, 2.75) is 39.6 Å². The Morgan fingerprint density at radius 1 is 1.24 bits per heavy atom. The molecule has 0 unspecified atom stereocenters. The van der Waals surface area contributed by atoms with Crippen molar-refractivity contribution in [3.8, 4) is 0 Å². The molecule has 1 aliphatic heterocycles. The Bertz CT molecular complexity index is 786. The van der Waals surface area contributed by atoms with E-state index in [1.807, 2.05) is 4.90 Å². The molecule has 1 saturated heterocycles. The fourth-order valence-corrected chi connectivity index (χ4v) is 3.01. The quantitative estimate of drug-likeness (QED) is 0.313. The van der Waals surface area contributed by atoms with Crippen molar-refractivity contribution in [3.63, 3.8) is 0 Å². The normalized spacial score (nSPS) is 14.7. The molecule has 0 aromatic heterocycles. The van der Waals surface area contributed by atoms with Crippen LogP contribution in [0.25, 0.3) is 10.4 Å². The van der Waals surface area contributed by atoms with Gasteiger partial charge in [-0.1, -0.05) is 17.0 Å². The molecule has 1 aliphatic rings. The van der Waals surface area contributed by atoms with Crippen LogP contribution in [0.4, 0.5) is 29.1 Å². The second-order valence-electron chi connectivity index (χ2n) is 7.81. The number of carbonyl (C=O) groups excluding carboxylic acids is 1. The smallest absolute Gasteiger partial charge is 0.449 e. The summed E-state index contributed by atoms with van der Waals surface area (Å²) in [7, 11) is 0. The number of anilines is 1. The van der Waals surface area contributed by atoms with Gasteiger partial charge in [0.2, 0.25) is 0 Å². The molecule has 29 heavy (non-hydrogen) atoms. The van der Waals surface area contributed by atoms with E-state index in [9.17, 15) is 17.7 Å². The third-order valence-corrected chi connectivity index (χ3v) is 4.37. The monoisotopic (exact) mass is 437 g/mol. The molecule has 0 saturated carbocycles. The molecule has 1 aromatic rings. The molecule has 2 rings (SSSR count). The SMILES string of the molecule is Cc1c(C[B-](F)(F)F)cc(N2CCN(C(=O)OC(C)(C)C)CC2)cc1N=[N+]=[N-].[K+]. The standard InChI is InChI=1S/C17H24BF3N5O2.K/c1-12-13(11-18(19,20)21)9-14(10-15(12)23-24-22)25-5-7-26(8-6-25)16(27)28-17(2,3)4;/h9-10H,5-8,11H2,1-4H3;/q-1;+1. The molecule has 1 aromatic carbocycles. The summed E-state index contributed by atoms with van der Waals surface area (Å²) in [6, 6.07) is 3.08. The summed E-state index contributed by atoms with van der Waals surface area (Å²) in [6.45, 7) is 3.51. The molecule has 12 heteroatoms. The van der Waals surface area contributed by atoms with Crippen molar-refractivity contribution in [3.05, 3.63) is 33.7 Å². The minimum absolute atomic E-state index is 0. The molecule has 1 amide bonds. The summed E-state index contributed by atoms with van der Waals surface area (Å²) < 4.78 is 44.3. The number of halogens is 3. The van der Waals surface area contributed by atoms with Gasteiger partial charge in [-0.15, -0.1) is 0 Å². The van der Waals surface area contributed by atoms with Crippen molar-refractivity contribution in [1.29, 1.82) is 0 Å². The van der Waals surface area contributed by atoms with Gasteiger partial charge in [0.25, 0.3) is 0 Å². The van der Waals surface area contributed by atoms with Gasteiger partial charge in [0.15, 0.2) is 0 Å². The van der Waals surface area contributed by atoms with E-state index in [-0.39, 0.29) is 62.6 Å². The second-order valence-corrected chi connectivity index (χ2v) is 7.81. The fraction of sp³-hybridized carbons (Fsp3) is 0.588. The van der Waals surface area contributed by atoms with Crippen LogP contribution in [0.1, 0.15) is 31.9 Å². The molecule has 0 bridgehead atoms. The average Bonchev–Trinajstić information content (AvgIpc) is 2.56. The Hall–Kier alpha value is -0.909. The third kappa shape index (κ3) is 8.03. The number of benzene rings is 1. The maximum absolute atomic E-state index is 13.0. The summed E-state index contributed by atoms with van der Waals surface area (Å²) >= 11 is 0. The molecule has 7 nitrogen and oxygen atoms in total. The Kier molecular flexibility index (Phi) is 9.38. The summed E-state index contributed by atoms with van der Waals surface area (Å²) in [6.07, 6.45) is -1.45. The molecule has 0 N–H and O–H groups in total. The van der Waals surface area contributed by atoms with Crippen LogP contribution in [-0.2, 0) is 11.1 Å². The van der Waals surface area contributed by atoms with E-state index in [0.717, 1.165) is 0 Å². The van der Waals surface area contributed by atoms with E-state index in [4.69, 9.17) is 10.3 Å². The zero-order chi connectivity index (χ0) is 21.1. The zero-order valence-corrected chi connectivity index (χ0v) is 20.6. The number of piperazine rings is 1. The average molecular weight is 437 g/mol. The van der Waals surface area contributed by atoms with Crippen molar-refractivity contribution in [2.75, 3.05) is 31.1 Å². The summed E-state index contributed by atoms with van der Waals surface area (Å²) in [5, 5.41) is 3.54. The summed E-state index contributed by atoms with van der Waals surface area (Å²) in [5.41, 5.74) is 9.29. The second kappa shape index (κ2) is 10.4. The van der Waals surface area contributed by atoms with E-state index in [1.54, 1.807) is 31.7 Å². The van der Waals surface area contributed by atoms with E-state index in [0.29, 0.717) is 37.4 Å². The first kappa shape index (κ1) is 26.1. The van der Waals surface area contributed by atoms with Gasteiger partial charge in [0.05, 0.1) is 0 Å². The number of azide groups is 1. The Morgan fingerprint density at radius 3 is 2.31 bits per heavy atom. The van der Waals surface area contributed by atoms with Gasteiger partial charge in [0.1, 0.15) is 5.60 Å². The van der Waals surface area contributed by atoms with E-state index < -0.39 is 25.0 Å². The molecule has 1 heterocycles. The third-order valence-electron chi connectivity index (χ3n) is 4.37. The summed E-state index contributed by atoms with van der Waals surface area (Å²) in [5.74, 6) is 0. The van der Waals surface area contributed by atoms with Gasteiger partial charge in [-0.05, 0) is 50.9 Å². The number of hydrogen-bond donors (Lipinski definition) is 0. The van der Waals surface area contributed by atoms with Gasteiger partial charge in [-0.2, -0.15) is 0 Å². The first-order chi connectivity index (χ1) is 12.9. The largest absolute Gasteiger partial charge is 1.00 e. The van der Waals surface area contributed by atoms with Crippen LogP contribution in [0.2, 0.25) is 0 Å². The van der Waals surface area contributed by atoms with Crippen molar-refractivity contribution < 1.29 is 73.9 Å². The predicted molar refractivity (Wildman–Crippen MR) is 103 cm³/mol. The van der Waals surface area contributed by atoms with Gasteiger partial charge in [-0.25, -0.2) is 4.79 Å². The van der Waals surface area contributed by atoms with Gasteiger partial charge < -0.3 is 27.5 Å². The summed E-state index contributed by atoms with van der Waals surface area (Å²) in [4.78, 5) is 18.3. The fourth-order valence-electron chi connectivity index (χ4n) is 3.01. The van der Waals surface area contributed by atoms with Crippen LogP contribution in [-0.4, -0.2) is 49.8 Å². The Labute approximate surface area is 211 Å². The number of ether oxygens (including phenoxy) is 1. The number of hydrogen-bond acceptors (Lipinski definition) is 4. The molecule has 154 valence electrons. The van der Waals surface area contributed by atoms with Crippen LogP contribution in [0, 0.1) is 6.92 Å². The van der Waals surface area contributed by atoms with Crippen LogP contribution in [0.5, 0.6) is 0 Å². The molecule has 0 radical (unpaired) electrons. The van der Waals surface area contributed by atoms with E-state index in [1.165, 1.54) is 13.0 Å². The minimum atomic E-state index is -5.02. The van der Waals surface area contributed by atoms with Crippen LogP contribution < -0.4 is 56.3 Å². The minimum Gasteiger partial charge on any atom is -0.449 e. The molecular weight excluding hydrogens is 413 g/mol. The number of rotatable bonds is 4. The van der Waals surface area contributed by atoms with Gasteiger partial charge >= 0.3 is 64.5 Å². The molecule has 1 fully saturated rings. The first-order valence-corrected chi connectivity index (χ1v) is 9.02. The van der Waals surface area contributed by atoms with Gasteiger partial charge in [-0.3, -0.25) is 0 Å². The zero-order valence-electron chi connectivity index (χ0n) is 17.5. The number of carbonyl (C=O) groups is 1. The Balaban J connectivity index is 0.00000420. The first-order valence-electron chi connectivity index (χ1n) is 9.02. The molecule has 0 atom stereocenters. The van der Waals surface area contributed by atoms with Crippen molar-refractivity contribution in [1.82, 2.24) is 4.90 Å². The van der Waals surface area contributed by atoms with Gasteiger partial charge in [0, 0.05) is 42.5 Å². The van der Waals surface area contributed by atoms with E-state index >= 15 is 0 Å². The number of amides is 1.